The molecule has 4 heteroatoms. The lowest BCUT2D eigenvalue weighted by Crippen LogP contribution is -2.41. The summed E-state index contributed by atoms with van der Waals surface area (Å²) in [5.74, 6) is 0. The van der Waals surface area contributed by atoms with E-state index in [4.69, 9.17) is 0 Å². The average Bonchev–Trinajstić information content (AvgIpc) is 1.98. The van der Waals surface area contributed by atoms with Crippen LogP contribution in [0.3, 0.4) is 0 Å². The summed E-state index contributed by atoms with van der Waals surface area (Å²) in [6, 6.07) is 0. The molecule has 0 amide bonds. The second-order valence-corrected chi connectivity index (χ2v) is 6.34. The van der Waals surface area contributed by atoms with Crippen LogP contribution in [0.1, 0.15) is 34.6 Å². The summed E-state index contributed by atoms with van der Waals surface area (Å²) >= 11 is 0. The molecular weight excluding hydrogens is 222 g/mol. The summed E-state index contributed by atoms with van der Waals surface area (Å²) in [6.45, 7) is 12.6. The standard InChI is InChI=1S/C12H21NO2S/c1-7-8-9-11(10(2)3)16(14,15)13-12(4,5)6/h7-9,13H,2H2,1,3-6H3/b8-7-,11-9+. The number of hydrogen-bond acceptors (Lipinski definition) is 2. The lowest BCUT2D eigenvalue weighted by molar-refractivity contribution is 0.495. The van der Waals surface area contributed by atoms with E-state index < -0.39 is 15.6 Å². The first kappa shape index (κ1) is 15.1. The van der Waals surface area contributed by atoms with Gasteiger partial charge in [0.05, 0.1) is 4.91 Å². The highest BCUT2D eigenvalue weighted by Crippen LogP contribution is 2.17. The topological polar surface area (TPSA) is 46.2 Å². The van der Waals surface area contributed by atoms with Crippen molar-refractivity contribution in [1.29, 1.82) is 0 Å². The van der Waals surface area contributed by atoms with Crippen molar-refractivity contribution < 1.29 is 8.42 Å². The third-order valence-electron chi connectivity index (χ3n) is 1.59. The van der Waals surface area contributed by atoms with Gasteiger partial charge >= 0.3 is 0 Å². The highest BCUT2D eigenvalue weighted by molar-refractivity contribution is 7.93. The fourth-order valence-electron chi connectivity index (χ4n) is 1.10. The second-order valence-electron chi connectivity index (χ2n) is 4.69. The van der Waals surface area contributed by atoms with Gasteiger partial charge in [0.25, 0.3) is 0 Å². The Balaban J connectivity index is 5.32. The molecule has 0 aromatic carbocycles. The predicted molar refractivity (Wildman–Crippen MR) is 69.5 cm³/mol. The van der Waals surface area contributed by atoms with Gasteiger partial charge in [0, 0.05) is 5.54 Å². The van der Waals surface area contributed by atoms with E-state index in [0.29, 0.717) is 5.57 Å². The lowest BCUT2D eigenvalue weighted by Gasteiger charge is -2.21. The van der Waals surface area contributed by atoms with Crippen LogP contribution in [0.2, 0.25) is 0 Å². The van der Waals surface area contributed by atoms with Gasteiger partial charge in [-0.15, -0.1) is 0 Å². The monoisotopic (exact) mass is 243 g/mol. The minimum atomic E-state index is -3.49. The second kappa shape index (κ2) is 5.46. The first-order valence-corrected chi connectivity index (χ1v) is 6.61. The molecule has 0 saturated carbocycles. The third kappa shape index (κ3) is 5.28. The molecule has 0 aromatic heterocycles. The number of allylic oxidation sites excluding steroid dienone is 4. The molecule has 3 nitrogen and oxygen atoms in total. The van der Waals surface area contributed by atoms with Crippen molar-refractivity contribution in [3.63, 3.8) is 0 Å². The van der Waals surface area contributed by atoms with Gasteiger partial charge in [-0.1, -0.05) is 18.7 Å². The molecule has 92 valence electrons. The molecule has 0 aliphatic rings. The molecule has 0 aliphatic carbocycles. The Morgan fingerprint density at radius 3 is 2.12 bits per heavy atom. The van der Waals surface area contributed by atoms with E-state index in [2.05, 4.69) is 11.3 Å². The van der Waals surface area contributed by atoms with Gasteiger partial charge in [-0.05, 0) is 46.3 Å². The van der Waals surface area contributed by atoms with Crippen LogP contribution in [0.25, 0.3) is 0 Å². The Morgan fingerprint density at radius 1 is 1.31 bits per heavy atom. The SMILES string of the molecule is C=C(C)/C(=C\C=C/C)S(=O)(=O)NC(C)(C)C. The van der Waals surface area contributed by atoms with Crippen LogP contribution in [0.4, 0.5) is 0 Å². The predicted octanol–water partition coefficient (Wildman–Crippen LogP) is 2.74. The lowest BCUT2D eigenvalue weighted by atomic mass is 10.1. The van der Waals surface area contributed by atoms with Crippen molar-refractivity contribution in [1.82, 2.24) is 4.72 Å². The summed E-state index contributed by atoms with van der Waals surface area (Å²) in [6.07, 6.45) is 5.01. The van der Waals surface area contributed by atoms with E-state index in [-0.39, 0.29) is 4.91 Å². The molecule has 16 heavy (non-hydrogen) atoms. The summed E-state index contributed by atoms with van der Waals surface area (Å²) in [5, 5.41) is 0. The van der Waals surface area contributed by atoms with Crippen molar-refractivity contribution in [2.24, 2.45) is 0 Å². The van der Waals surface area contributed by atoms with Crippen LogP contribution >= 0.6 is 0 Å². The van der Waals surface area contributed by atoms with Crippen LogP contribution in [0, 0.1) is 0 Å². The first-order valence-electron chi connectivity index (χ1n) is 5.13. The maximum atomic E-state index is 12.0. The summed E-state index contributed by atoms with van der Waals surface area (Å²) in [7, 11) is -3.49. The molecule has 0 radical (unpaired) electrons. The highest BCUT2D eigenvalue weighted by atomic mass is 32.2. The Bertz CT molecular complexity index is 409. The van der Waals surface area contributed by atoms with Gasteiger partial charge in [-0.2, -0.15) is 0 Å². The van der Waals surface area contributed by atoms with Crippen LogP contribution in [0.15, 0.2) is 35.3 Å². The van der Waals surface area contributed by atoms with Crippen LogP contribution in [0.5, 0.6) is 0 Å². The molecule has 0 unspecified atom stereocenters. The Kier molecular flexibility index (Phi) is 5.16. The third-order valence-corrected chi connectivity index (χ3v) is 3.54. The van der Waals surface area contributed by atoms with Gasteiger partial charge in [0.15, 0.2) is 0 Å². The Hall–Kier alpha value is -0.870. The molecule has 0 spiro atoms. The molecule has 1 N–H and O–H groups in total. The maximum Gasteiger partial charge on any atom is 0.241 e. The van der Waals surface area contributed by atoms with Crippen molar-refractivity contribution >= 4 is 10.0 Å². The summed E-state index contributed by atoms with van der Waals surface area (Å²) in [4.78, 5) is 0.223. The van der Waals surface area contributed by atoms with E-state index in [0.717, 1.165) is 0 Å². The Morgan fingerprint density at radius 2 is 1.81 bits per heavy atom. The number of hydrogen-bond donors (Lipinski definition) is 1. The van der Waals surface area contributed by atoms with E-state index >= 15 is 0 Å². The zero-order chi connectivity index (χ0) is 13.0. The van der Waals surface area contributed by atoms with Crippen LogP contribution in [-0.2, 0) is 10.0 Å². The molecule has 0 bridgehead atoms. The first-order chi connectivity index (χ1) is 7.10. The molecule has 0 saturated heterocycles. The normalized spacial score (nSPS) is 14.4. The molecule has 0 rings (SSSR count). The Labute approximate surface area is 99.0 Å². The van der Waals surface area contributed by atoms with E-state index in [1.807, 2.05) is 6.92 Å². The largest absolute Gasteiger partial charge is 0.241 e. The summed E-state index contributed by atoms with van der Waals surface area (Å²) in [5.41, 5.74) is 0.0263. The molecule has 0 heterocycles. The van der Waals surface area contributed by atoms with Gasteiger partial charge in [0.1, 0.15) is 0 Å². The maximum absolute atomic E-state index is 12.0. The van der Waals surface area contributed by atoms with Crippen LogP contribution < -0.4 is 4.72 Å². The molecule has 0 fully saturated rings. The summed E-state index contributed by atoms with van der Waals surface area (Å²) < 4.78 is 26.6. The van der Waals surface area contributed by atoms with Gasteiger partial charge in [0.2, 0.25) is 10.0 Å². The molecule has 0 atom stereocenters. The van der Waals surface area contributed by atoms with Crippen LogP contribution in [-0.4, -0.2) is 14.0 Å². The molecule has 0 aliphatic heterocycles. The van der Waals surface area contributed by atoms with E-state index in [1.165, 1.54) is 0 Å². The zero-order valence-corrected chi connectivity index (χ0v) is 11.5. The molecule has 0 aromatic rings. The number of sulfonamides is 1. The van der Waals surface area contributed by atoms with E-state index in [1.54, 1.807) is 45.9 Å². The van der Waals surface area contributed by atoms with Crippen molar-refractivity contribution in [3.8, 4) is 0 Å². The highest BCUT2D eigenvalue weighted by Gasteiger charge is 2.23. The molecular formula is C12H21NO2S. The van der Waals surface area contributed by atoms with E-state index in [9.17, 15) is 8.42 Å². The average molecular weight is 243 g/mol. The fraction of sp³-hybridized carbons (Fsp3) is 0.500. The van der Waals surface area contributed by atoms with Crippen molar-refractivity contribution in [2.75, 3.05) is 0 Å². The van der Waals surface area contributed by atoms with Gasteiger partial charge in [-0.3, -0.25) is 0 Å². The minimum Gasteiger partial charge on any atom is -0.207 e. The fourth-order valence-corrected chi connectivity index (χ4v) is 2.74. The van der Waals surface area contributed by atoms with Crippen molar-refractivity contribution in [2.45, 2.75) is 40.2 Å². The van der Waals surface area contributed by atoms with Gasteiger partial charge < -0.3 is 0 Å². The zero-order valence-electron chi connectivity index (χ0n) is 10.7. The van der Waals surface area contributed by atoms with Gasteiger partial charge in [-0.25, -0.2) is 13.1 Å². The smallest absolute Gasteiger partial charge is 0.207 e. The number of rotatable bonds is 4. The quantitative estimate of drug-likeness (QED) is 0.772. The van der Waals surface area contributed by atoms with Crippen molar-refractivity contribution in [3.05, 3.63) is 35.3 Å². The number of nitrogens with one attached hydrogen (secondary N) is 1. The minimum absolute atomic E-state index is 0.223.